The van der Waals surface area contributed by atoms with Crippen LogP contribution < -0.4 is 11.1 Å². The van der Waals surface area contributed by atoms with Gasteiger partial charge in [-0.15, -0.1) is 0 Å². The van der Waals surface area contributed by atoms with Crippen molar-refractivity contribution in [2.45, 2.75) is 25.7 Å². The largest absolute Gasteiger partial charge is 0.399 e. The number of carbonyl (C=O) groups excluding carboxylic acids is 1. The van der Waals surface area contributed by atoms with Crippen LogP contribution in [-0.2, 0) is 0 Å². The fraction of sp³-hybridized carbons (Fsp3) is 0.533. The minimum atomic E-state index is -0.0900. The Hall–Kier alpha value is -1.22. The van der Waals surface area contributed by atoms with Gasteiger partial charge in [-0.25, -0.2) is 0 Å². The summed E-state index contributed by atoms with van der Waals surface area (Å²) in [5, 5.41) is 3.44. The van der Waals surface area contributed by atoms with E-state index in [2.05, 4.69) is 5.32 Å². The molecule has 4 heteroatoms. The molecule has 2 fully saturated rings. The highest BCUT2D eigenvalue weighted by molar-refractivity contribution is 6.34. The fourth-order valence-electron chi connectivity index (χ4n) is 3.66. The average Bonchev–Trinajstić information content (AvgIpc) is 2.98. The normalized spacial score (nSPS) is 28.6. The molecule has 1 aromatic carbocycles. The van der Waals surface area contributed by atoms with E-state index in [-0.39, 0.29) is 5.91 Å². The molecule has 0 heterocycles. The molecule has 0 aromatic heterocycles. The highest BCUT2D eigenvalue weighted by Crippen LogP contribution is 2.47. The lowest BCUT2D eigenvalue weighted by Gasteiger charge is -2.21. The Labute approximate surface area is 118 Å². The summed E-state index contributed by atoms with van der Waals surface area (Å²) >= 11 is 6.04. The summed E-state index contributed by atoms with van der Waals surface area (Å²) in [6.45, 7) is 0.778. The molecule has 2 aliphatic rings. The third-order valence-electron chi connectivity index (χ3n) is 4.65. The highest BCUT2D eigenvalue weighted by atomic mass is 35.5. The molecule has 3 unspecified atom stereocenters. The zero-order valence-electron chi connectivity index (χ0n) is 10.9. The number of nitrogens with one attached hydrogen (secondary N) is 1. The molecule has 3 atom stereocenters. The van der Waals surface area contributed by atoms with Crippen molar-refractivity contribution < 1.29 is 4.79 Å². The van der Waals surface area contributed by atoms with E-state index in [1.807, 2.05) is 0 Å². The maximum atomic E-state index is 12.1. The molecule has 2 aliphatic carbocycles. The number of hydrogen-bond acceptors (Lipinski definition) is 2. The highest BCUT2D eigenvalue weighted by Gasteiger charge is 2.39. The third kappa shape index (κ3) is 2.57. The molecule has 2 saturated carbocycles. The zero-order valence-corrected chi connectivity index (χ0v) is 11.6. The van der Waals surface area contributed by atoms with Gasteiger partial charge in [-0.1, -0.05) is 18.0 Å². The van der Waals surface area contributed by atoms with Crippen LogP contribution in [0.2, 0.25) is 5.02 Å². The van der Waals surface area contributed by atoms with E-state index in [1.165, 1.54) is 25.7 Å². The first-order chi connectivity index (χ1) is 9.13. The van der Waals surface area contributed by atoms with Gasteiger partial charge in [0.1, 0.15) is 0 Å². The fourth-order valence-corrected chi connectivity index (χ4v) is 3.94. The minimum absolute atomic E-state index is 0.0900. The zero-order chi connectivity index (χ0) is 13.4. The SMILES string of the molecule is Nc1ccc(C(=O)NCC2CC3CCC2C3)c(Cl)c1. The number of halogens is 1. The van der Waals surface area contributed by atoms with Crippen LogP contribution in [0.5, 0.6) is 0 Å². The quantitative estimate of drug-likeness (QED) is 0.835. The second-order valence-electron chi connectivity index (χ2n) is 5.88. The van der Waals surface area contributed by atoms with Crippen molar-refractivity contribution in [3.8, 4) is 0 Å². The summed E-state index contributed by atoms with van der Waals surface area (Å²) in [7, 11) is 0. The van der Waals surface area contributed by atoms with Gasteiger partial charge in [0.05, 0.1) is 10.6 Å². The Morgan fingerprint density at radius 3 is 2.84 bits per heavy atom. The molecule has 0 aliphatic heterocycles. The molecular weight excluding hydrogens is 260 g/mol. The van der Waals surface area contributed by atoms with E-state index in [0.717, 1.165) is 18.4 Å². The van der Waals surface area contributed by atoms with Crippen LogP contribution in [0, 0.1) is 17.8 Å². The van der Waals surface area contributed by atoms with E-state index >= 15 is 0 Å². The number of carbonyl (C=O) groups is 1. The first-order valence-electron chi connectivity index (χ1n) is 6.96. The van der Waals surface area contributed by atoms with E-state index < -0.39 is 0 Å². The van der Waals surface area contributed by atoms with Crippen LogP contribution in [-0.4, -0.2) is 12.5 Å². The van der Waals surface area contributed by atoms with E-state index in [4.69, 9.17) is 17.3 Å². The van der Waals surface area contributed by atoms with Crippen LogP contribution in [0.4, 0.5) is 5.69 Å². The monoisotopic (exact) mass is 278 g/mol. The average molecular weight is 279 g/mol. The van der Waals surface area contributed by atoms with Crippen LogP contribution >= 0.6 is 11.6 Å². The Balaban J connectivity index is 1.59. The molecule has 2 bridgehead atoms. The van der Waals surface area contributed by atoms with Crippen molar-refractivity contribution in [3.63, 3.8) is 0 Å². The van der Waals surface area contributed by atoms with Gasteiger partial charge in [0.25, 0.3) is 5.91 Å². The van der Waals surface area contributed by atoms with Crippen molar-refractivity contribution in [1.29, 1.82) is 0 Å². The molecule has 3 rings (SSSR count). The maximum Gasteiger partial charge on any atom is 0.252 e. The predicted octanol–water partition coefficient (Wildman–Crippen LogP) is 3.09. The maximum absolute atomic E-state index is 12.1. The van der Waals surface area contributed by atoms with Gasteiger partial charge in [-0.2, -0.15) is 0 Å². The van der Waals surface area contributed by atoms with E-state index in [9.17, 15) is 4.79 Å². The summed E-state index contributed by atoms with van der Waals surface area (Å²) in [5.74, 6) is 2.31. The first kappa shape index (κ1) is 12.8. The molecule has 102 valence electrons. The third-order valence-corrected chi connectivity index (χ3v) is 4.96. The summed E-state index contributed by atoms with van der Waals surface area (Å²) in [6.07, 6.45) is 5.37. The van der Waals surface area contributed by atoms with Crippen molar-refractivity contribution >= 4 is 23.2 Å². The molecule has 0 spiro atoms. The standard InChI is InChI=1S/C15H19ClN2O/c16-14-7-12(17)3-4-13(14)15(19)18-8-11-6-9-1-2-10(11)5-9/h3-4,7,9-11H,1-2,5-6,8,17H2,(H,18,19). The molecular formula is C15H19ClN2O. The summed E-state index contributed by atoms with van der Waals surface area (Å²) in [5.41, 5.74) is 6.72. The topological polar surface area (TPSA) is 55.1 Å². The summed E-state index contributed by atoms with van der Waals surface area (Å²) in [6, 6.07) is 5.01. The summed E-state index contributed by atoms with van der Waals surface area (Å²) < 4.78 is 0. The second-order valence-corrected chi connectivity index (χ2v) is 6.29. The predicted molar refractivity (Wildman–Crippen MR) is 77.1 cm³/mol. The first-order valence-corrected chi connectivity index (χ1v) is 7.34. The molecule has 1 amide bonds. The van der Waals surface area contributed by atoms with Gasteiger partial charge >= 0.3 is 0 Å². The Morgan fingerprint density at radius 1 is 1.37 bits per heavy atom. The number of rotatable bonds is 3. The Kier molecular flexibility index (Phi) is 3.40. The number of hydrogen-bond donors (Lipinski definition) is 2. The number of fused-ring (bicyclic) bond motifs is 2. The number of anilines is 1. The minimum Gasteiger partial charge on any atom is -0.399 e. The van der Waals surface area contributed by atoms with Gasteiger partial charge in [-0.05, 0) is 55.2 Å². The molecule has 1 aromatic rings. The van der Waals surface area contributed by atoms with Crippen LogP contribution in [0.1, 0.15) is 36.0 Å². The Morgan fingerprint density at radius 2 is 2.21 bits per heavy atom. The van der Waals surface area contributed by atoms with Gasteiger partial charge in [-0.3, -0.25) is 4.79 Å². The number of benzene rings is 1. The van der Waals surface area contributed by atoms with Gasteiger partial charge in [0, 0.05) is 12.2 Å². The van der Waals surface area contributed by atoms with Gasteiger partial charge in [0.15, 0.2) is 0 Å². The lowest BCUT2D eigenvalue weighted by atomic mass is 9.89. The van der Waals surface area contributed by atoms with Crippen molar-refractivity contribution in [1.82, 2.24) is 5.32 Å². The molecule has 19 heavy (non-hydrogen) atoms. The lowest BCUT2D eigenvalue weighted by molar-refractivity contribution is 0.0942. The molecule has 0 radical (unpaired) electrons. The summed E-state index contributed by atoms with van der Waals surface area (Å²) in [4.78, 5) is 12.1. The number of nitrogen functional groups attached to an aromatic ring is 1. The smallest absolute Gasteiger partial charge is 0.252 e. The number of nitrogens with two attached hydrogens (primary N) is 1. The van der Waals surface area contributed by atoms with Crippen molar-refractivity contribution in [2.24, 2.45) is 17.8 Å². The van der Waals surface area contributed by atoms with Crippen molar-refractivity contribution in [2.75, 3.05) is 12.3 Å². The van der Waals surface area contributed by atoms with Gasteiger partial charge in [0.2, 0.25) is 0 Å². The second kappa shape index (κ2) is 5.04. The van der Waals surface area contributed by atoms with Crippen LogP contribution in [0.15, 0.2) is 18.2 Å². The molecule has 0 saturated heterocycles. The van der Waals surface area contributed by atoms with E-state index in [1.54, 1.807) is 18.2 Å². The Bertz CT molecular complexity index is 503. The van der Waals surface area contributed by atoms with E-state index in [0.29, 0.717) is 22.2 Å². The molecule has 3 N–H and O–H groups in total. The van der Waals surface area contributed by atoms with Crippen molar-refractivity contribution in [3.05, 3.63) is 28.8 Å². The van der Waals surface area contributed by atoms with Crippen LogP contribution in [0.25, 0.3) is 0 Å². The molecule has 3 nitrogen and oxygen atoms in total. The lowest BCUT2D eigenvalue weighted by Crippen LogP contribution is -2.31. The number of amides is 1. The van der Waals surface area contributed by atoms with Crippen LogP contribution in [0.3, 0.4) is 0 Å². The van der Waals surface area contributed by atoms with Gasteiger partial charge < -0.3 is 11.1 Å².